The van der Waals surface area contributed by atoms with Gasteiger partial charge in [0.25, 0.3) is 0 Å². The molecule has 1 aliphatic rings. The number of ether oxygens (including phenoxy) is 3. The molecule has 116 valence electrons. The molecule has 0 bridgehead atoms. The minimum Gasteiger partial charge on any atom is -0.497 e. The van der Waals surface area contributed by atoms with E-state index in [-0.39, 0.29) is 17.5 Å². The highest BCUT2D eigenvalue weighted by Crippen LogP contribution is 2.30. The first kappa shape index (κ1) is 15.4. The van der Waals surface area contributed by atoms with Crippen LogP contribution in [0.15, 0.2) is 23.4 Å². The van der Waals surface area contributed by atoms with Gasteiger partial charge in [0, 0.05) is 11.6 Å². The summed E-state index contributed by atoms with van der Waals surface area (Å²) in [7, 11) is 1.55. The number of benzene rings is 1. The molecule has 3 N–H and O–H groups in total. The van der Waals surface area contributed by atoms with E-state index in [2.05, 4.69) is 19.0 Å². The van der Waals surface area contributed by atoms with E-state index in [9.17, 15) is 0 Å². The lowest BCUT2D eigenvalue weighted by Crippen LogP contribution is -2.24. The van der Waals surface area contributed by atoms with Crippen LogP contribution in [-0.2, 0) is 4.74 Å². The fourth-order valence-electron chi connectivity index (χ4n) is 2.36. The Bertz CT molecular complexity index is 528. The van der Waals surface area contributed by atoms with Gasteiger partial charge in [0.05, 0.1) is 18.8 Å². The number of hydrogen-bond acceptors (Lipinski definition) is 5. The maximum absolute atomic E-state index is 8.76. The first-order chi connectivity index (χ1) is 9.93. The van der Waals surface area contributed by atoms with Crippen LogP contribution in [0.5, 0.6) is 11.5 Å². The Morgan fingerprint density at radius 1 is 1.43 bits per heavy atom. The lowest BCUT2D eigenvalue weighted by Gasteiger charge is -2.19. The normalized spacial score (nSPS) is 21.3. The monoisotopic (exact) mass is 294 g/mol. The number of methoxy groups -OCH3 is 1. The van der Waals surface area contributed by atoms with Gasteiger partial charge in [-0.3, -0.25) is 0 Å². The molecule has 0 spiro atoms. The van der Waals surface area contributed by atoms with Gasteiger partial charge in [-0.1, -0.05) is 5.16 Å². The van der Waals surface area contributed by atoms with Crippen LogP contribution in [0, 0.1) is 0 Å². The summed E-state index contributed by atoms with van der Waals surface area (Å²) >= 11 is 0. The van der Waals surface area contributed by atoms with Crippen LogP contribution in [0.4, 0.5) is 0 Å². The van der Waals surface area contributed by atoms with Gasteiger partial charge in [-0.05, 0) is 38.8 Å². The number of nitrogens with zero attached hydrogens (tertiary/aromatic N) is 1. The summed E-state index contributed by atoms with van der Waals surface area (Å²) in [5.41, 5.74) is 6.06. The van der Waals surface area contributed by atoms with E-state index in [1.165, 1.54) is 0 Å². The van der Waals surface area contributed by atoms with Gasteiger partial charge < -0.3 is 25.2 Å². The molecular formula is C15H22N2O4. The van der Waals surface area contributed by atoms with Gasteiger partial charge in [0.15, 0.2) is 5.84 Å². The zero-order valence-corrected chi connectivity index (χ0v) is 12.6. The SMILES string of the molecule is COc1cc(OCC2CCC(C)(C)O2)cc(/C(N)=N/O)c1. The van der Waals surface area contributed by atoms with Crippen LogP contribution in [0.25, 0.3) is 0 Å². The second kappa shape index (κ2) is 6.22. The molecule has 1 saturated heterocycles. The molecule has 0 amide bonds. The van der Waals surface area contributed by atoms with Crippen LogP contribution in [0.3, 0.4) is 0 Å². The van der Waals surface area contributed by atoms with Gasteiger partial charge in [-0.25, -0.2) is 0 Å². The van der Waals surface area contributed by atoms with E-state index in [4.69, 9.17) is 25.2 Å². The molecular weight excluding hydrogens is 272 g/mol. The van der Waals surface area contributed by atoms with E-state index in [0.29, 0.717) is 23.7 Å². The Hall–Kier alpha value is -1.95. The van der Waals surface area contributed by atoms with Gasteiger partial charge in [-0.2, -0.15) is 0 Å². The largest absolute Gasteiger partial charge is 0.497 e. The van der Waals surface area contributed by atoms with Crippen molar-refractivity contribution in [2.24, 2.45) is 10.9 Å². The number of rotatable bonds is 5. The Balaban J connectivity index is 2.06. The van der Waals surface area contributed by atoms with E-state index in [1.54, 1.807) is 25.3 Å². The standard InChI is InChI=1S/C15H22N2O4/c1-15(2)5-4-11(21-15)9-20-13-7-10(14(16)17-18)6-12(8-13)19-3/h6-8,11,18H,4-5,9H2,1-3H3,(H2,16,17). The molecule has 1 heterocycles. The second-order valence-electron chi connectivity index (χ2n) is 5.73. The third-order valence-electron chi connectivity index (χ3n) is 3.51. The van der Waals surface area contributed by atoms with Gasteiger partial charge in [0.2, 0.25) is 0 Å². The van der Waals surface area contributed by atoms with Crippen LogP contribution >= 0.6 is 0 Å². The number of nitrogens with two attached hydrogens (primary N) is 1. The topological polar surface area (TPSA) is 86.3 Å². The molecule has 0 aliphatic carbocycles. The molecule has 0 radical (unpaired) electrons. The molecule has 1 atom stereocenters. The van der Waals surface area contributed by atoms with E-state index in [0.717, 1.165) is 12.8 Å². The fourth-order valence-corrected chi connectivity index (χ4v) is 2.36. The van der Waals surface area contributed by atoms with Crippen molar-refractivity contribution in [3.8, 4) is 11.5 Å². The van der Waals surface area contributed by atoms with Crippen LogP contribution in [-0.4, -0.2) is 36.5 Å². The van der Waals surface area contributed by atoms with Crippen molar-refractivity contribution in [1.82, 2.24) is 0 Å². The zero-order chi connectivity index (χ0) is 15.5. The smallest absolute Gasteiger partial charge is 0.170 e. The van der Waals surface area contributed by atoms with Gasteiger partial charge in [-0.15, -0.1) is 0 Å². The molecule has 2 rings (SSSR count). The van der Waals surface area contributed by atoms with Crippen molar-refractivity contribution in [3.05, 3.63) is 23.8 Å². The molecule has 6 nitrogen and oxygen atoms in total. The van der Waals surface area contributed by atoms with E-state index < -0.39 is 0 Å². The summed E-state index contributed by atoms with van der Waals surface area (Å²) in [6, 6.07) is 5.14. The highest BCUT2D eigenvalue weighted by molar-refractivity contribution is 5.97. The fraction of sp³-hybridized carbons (Fsp3) is 0.533. The van der Waals surface area contributed by atoms with Crippen LogP contribution in [0.2, 0.25) is 0 Å². The maximum Gasteiger partial charge on any atom is 0.170 e. The van der Waals surface area contributed by atoms with Crippen molar-refractivity contribution < 1.29 is 19.4 Å². The first-order valence-corrected chi connectivity index (χ1v) is 6.91. The average molecular weight is 294 g/mol. The molecule has 1 unspecified atom stereocenters. The number of amidine groups is 1. The number of oxime groups is 1. The highest BCUT2D eigenvalue weighted by Gasteiger charge is 2.31. The van der Waals surface area contributed by atoms with Crippen LogP contribution < -0.4 is 15.2 Å². The first-order valence-electron chi connectivity index (χ1n) is 6.91. The lowest BCUT2D eigenvalue weighted by atomic mass is 10.1. The number of hydrogen-bond donors (Lipinski definition) is 2. The summed E-state index contributed by atoms with van der Waals surface area (Å²) < 4.78 is 16.8. The minimum absolute atomic E-state index is 0.0111. The van der Waals surface area contributed by atoms with Crippen LogP contribution in [0.1, 0.15) is 32.3 Å². The molecule has 0 saturated carbocycles. The Labute approximate surface area is 124 Å². The maximum atomic E-state index is 8.76. The lowest BCUT2D eigenvalue weighted by molar-refractivity contribution is -0.0326. The van der Waals surface area contributed by atoms with Crippen molar-refractivity contribution in [3.63, 3.8) is 0 Å². The molecule has 21 heavy (non-hydrogen) atoms. The average Bonchev–Trinajstić information content (AvgIpc) is 2.83. The Kier molecular flexibility index (Phi) is 4.57. The summed E-state index contributed by atoms with van der Waals surface area (Å²) in [5.74, 6) is 1.20. The van der Waals surface area contributed by atoms with Gasteiger partial charge >= 0.3 is 0 Å². The second-order valence-corrected chi connectivity index (χ2v) is 5.73. The van der Waals surface area contributed by atoms with Crippen molar-refractivity contribution >= 4 is 5.84 Å². The predicted molar refractivity (Wildman–Crippen MR) is 79.2 cm³/mol. The Morgan fingerprint density at radius 2 is 2.14 bits per heavy atom. The third-order valence-corrected chi connectivity index (χ3v) is 3.51. The van der Waals surface area contributed by atoms with E-state index >= 15 is 0 Å². The summed E-state index contributed by atoms with van der Waals surface area (Å²) in [4.78, 5) is 0. The van der Waals surface area contributed by atoms with Gasteiger partial charge in [0.1, 0.15) is 18.1 Å². The molecule has 1 aromatic rings. The van der Waals surface area contributed by atoms with E-state index in [1.807, 2.05) is 0 Å². The zero-order valence-electron chi connectivity index (χ0n) is 12.6. The summed E-state index contributed by atoms with van der Waals surface area (Å²) in [5, 5.41) is 11.8. The molecule has 1 aliphatic heterocycles. The molecule has 1 fully saturated rings. The highest BCUT2D eigenvalue weighted by atomic mass is 16.6. The quantitative estimate of drug-likeness (QED) is 0.376. The molecule has 6 heteroatoms. The summed E-state index contributed by atoms with van der Waals surface area (Å²) in [6.07, 6.45) is 2.08. The summed E-state index contributed by atoms with van der Waals surface area (Å²) in [6.45, 7) is 4.62. The third kappa shape index (κ3) is 4.01. The molecule has 1 aromatic carbocycles. The molecule has 0 aromatic heterocycles. The van der Waals surface area contributed by atoms with Crippen molar-refractivity contribution in [1.29, 1.82) is 0 Å². The predicted octanol–water partition coefficient (Wildman–Crippen LogP) is 2.13. The Morgan fingerprint density at radius 3 is 2.71 bits per heavy atom. The van der Waals surface area contributed by atoms with Crippen molar-refractivity contribution in [2.75, 3.05) is 13.7 Å². The minimum atomic E-state index is -0.0818. The van der Waals surface area contributed by atoms with Crippen molar-refractivity contribution in [2.45, 2.75) is 38.4 Å².